The number of nitrogens with two attached hydrogens (primary N) is 1. The van der Waals surface area contributed by atoms with Gasteiger partial charge in [-0.15, -0.1) is 0 Å². The smallest absolute Gasteiger partial charge is 0.226 e. The molecule has 0 bridgehead atoms. The van der Waals surface area contributed by atoms with Crippen LogP contribution in [0.15, 0.2) is 0 Å². The fourth-order valence-electron chi connectivity index (χ4n) is 1.65. The van der Waals surface area contributed by atoms with Crippen molar-refractivity contribution in [3.8, 4) is 0 Å². The highest BCUT2D eigenvalue weighted by Crippen LogP contribution is 2.47. The van der Waals surface area contributed by atoms with E-state index in [9.17, 15) is 13.2 Å². The molecule has 0 unspecified atom stereocenters. The van der Waals surface area contributed by atoms with Gasteiger partial charge in [0.2, 0.25) is 5.91 Å². The second kappa shape index (κ2) is 2.47. The molecule has 0 aliphatic carbocycles. The lowest BCUT2D eigenvalue weighted by molar-refractivity contribution is -0.131. The Balaban J connectivity index is 3.04. The summed E-state index contributed by atoms with van der Waals surface area (Å²) in [6, 6.07) is 0. The Morgan fingerprint density at radius 1 is 1.31 bits per heavy atom. The van der Waals surface area contributed by atoms with Gasteiger partial charge in [-0.1, -0.05) is 20.8 Å². The van der Waals surface area contributed by atoms with E-state index in [0.717, 1.165) is 0 Å². The predicted molar refractivity (Wildman–Crippen MR) is 49.7 cm³/mol. The quantitative estimate of drug-likeness (QED) is 0.651. The van der Waals surface area contributed by atoms with E-state index in [2.05, 4.69) is 0 Å². The molecule has 0 aromatic rings. The number of carbonyl (C=O) groups is 1. The summed E-state index contributed by atoms with van der Waals surface area (Å²) in [5, 5.41) is 0. The number of carbonyl (C=O) groups excluding carboxylic acids is 1. The standard InChI is InChI=1S/C8H15NO3S/c1-7(2,3)8(6(9)10)4-13(11,12)5-8/h4-5H2,1-3H3,(H2,9,10). The third-order valence-corrected chi connectivity index (χ3v) is 4.71. The summed E-state index contributed by atoms with van der Waals surface area (Å²) >= 11 is 0. The molecule has 1 rings (SSSR count). The Morgan fingerprint density at radius 2 is 1.69 bits per heavy atom. The summed E-state index contributed by atoms with van der Waals surface area (Å²) in [4.78, 5) is 11.2. The molecule has 0 aromatic heterocycles. The van der Waals surface area contributed by atoms with E-state index in [0.29, 0.717) is 0 Å². The van der Waals surface area contributed by atoms with Gasteiger partial charge in [0.1, 0.15) is 0 Å². The first kappa shape index (κ1) is 10.5. The fraction of sp³-hybridized carbons (Fsp3) is 0.875. The van der Waals surface area contributed by atoms with Crippen molar-refractivity contribution in [1.29, 1.82) is 0 Å². The van der Waals surface area contributed by atoms with Gasteiger partial charge in [0.25, 0.3) is 0 Å². The molecule has 5 heteroatoms. The zero-order valence-corrected chi connectivity index (χ0v) is 8.94. The molecule has 0 radical (unpaired) electrons. The molecule has 0 spiro atoms. The van der Waals surface area contributed by atoms with Crippen LogP contribution < -0.4 is 5.73 Å². The highest BCUT2D eigenvalue weighted by Gasteiger charge is 2.59. The maximum atomic E-state index is 11.2. The van der Waals surface area contributed by atoms with E-state index in [4.69, 9.17) is 5.73 Å². The van der Waals surface area contributed by atoms with Crippen molar-refractivity contribution in [2.45, 2.75) is 20.8 Å². The van der Waals surface area contributed by atoms with Crippen molar-refractivity contribution >= 4 is 15.7 Å². The molecule has 1 heterocycles. The lowest BCUT2D eigenvalue weighted by Gasteiger charge is -2.47. The lowest BCUT2D eigenvalue weighted by Crippen LogP contribution is -2.63. The summed E-state index contributed by atoms with van der Waals surface area (Å²) in [5.41, 5.74) is 4.00. The van der Waals surface area contributed by atoms with Crippen LogP contribution in [-0.4, -0.2) is 25.8 Å². The first-order chi connectivity index (χ1) is 5.61. The summed E-state index contributed by atoms with van der Waals surface area (Å²) in [6.45, 7) is 5.52. The van der Waals surface area contributed by atoms with Gasteiger partial charge < -0.3 is 5.73 Å². The molecule has 1 saturated heterocycles. The van der Waals surface area contributed by atoms with Crippen LogP contribution in [0.25, 0.3) is 0 Å². The van der Waals surface area contributed by atoms with Crippen molar-refractivity contribution in [2.75, 3.05) is 11.5 Å². The third kappa shape index (κ3) is 1.45. The van der Waals surface area contributed by atoms with Crippen LogP contribution in [0.4, 0.5) is 0 Å². The number of hydrogen-bond acceptors (Lipinski definition) is 3. The molecular weight excluding hydrogens is 190 g/mol. The SMILES string of the molecule is CC(C)(C)C1(C(N)=O)CS(=O)(=O)C1. The molecule has 1 amide bonds. The van der Waals surface area contributed by atoms with Gasteiger partial charge in [-0.25, -0.2) is 8.42 Å². The predicted octanol–water partition coefficient (Wildman–Crippen LogP) is -0.0674. The van der Waals surface area contributed by atoms with E-state index in [1.807, 2.05) is 20.8 Å². The van der Waals surface area contributed by atoms with Gasteiger partial charge in [0, 0.05) is 0 Å². The summed E-state index contributed by atoms with van der Waals surface area (Å²) in [7, 11) is -3.02. The van der Waals surface area contributed by atoms with Gasteiger partial charge in [-0.3, -0.25) is 4.79 Å². The third-order valence-electron chi connectivity index (χ3n) is 2.84. The number of hydrogen-bond donors (Lipinski definition) is 1. The van der Waals surface area contributed by atoms with Crippen LogP contribution in [0.5, 0.6) is 0 Å². The number of rotatable bonds is 1. The van der Waals surface area contributed by atoms with E-state index in [1.54, 1.807) is 0 Å². The number of sulfone groups is 1. The Hall–Kier alpha value is -0.580. The number of primary amides is 1. The topological polar surface area (TPSA) is 77.2 Å². The molecule has 0 aromatic carbocycles. The van der Waals surface area contributed by atoms with Crippen molar-refractivity contribution in [1.82, 2.24) is 0 Å². The van der Waals surface area contributed by atoms with E-state index in [1.165, 1.54) is 0 Å². The van der Waals surface area contributed by atoms with Crippen LogP contribution in [0, 0.1) is 10.8 Å². The molecule has 4 nitrogen and oxygen atoms in total. The van der Waals surface area contributed by atoms with E-state index in [-0.39, 0.29) is 16.9 Å². The first-order valence-electron chi connectivity index (χ1n) is 4.11. The fourth-order valence-corrected chi connectivity index (χ4v) is 4.22. The molecule has 1 fully saturated rings. The van der Waals surface area contributed by atoms with E-state index < -0.39 is 21.2 Å². The Labute approximate surface area is 78.4 Å². The number of amides is 1. The van der Waals surface area contributed by atoms with Crippen LogP contribution >= 0.6 is 0 Å². The second-order valence-corrected chi connectivity index (χ2v) is 6.79. The van der Waals surface area contributed by atoms with Gasteiger partial charge in [0.15, 0.2) is 9.84 Å². The zero-order chi connectivity index (χ0) is 10.5. The largest absolute Gasteiger partial charge is 0.369 e. The van der Waals surface area contributed by atoms with Crippen molar-refractivity contribution in [3.63, 3.8) is 0 Å². The summed E-state index contributed by atoms with van der Waals surface area (Å²) in [6.07, 6.45) is 0. The van der Waals surface area contributed by atoms with Crippen molar-refractivity contribution < 1.29 is 13.2 Å². The Bertz CT molecular complexity index is 325. The van der Waals surface area contributed by atoms with Gasteiger partial charge >= 0.3 is 0 Å². The summed E-state index contributed by atoms with van der Waals surface area (Å²) < 4.78 is 22.1. The highest BCUT2D eigenvalue weighted by molar-refractivity contribution is 7.93. The lowest BCUT2D eigenvalue weighted by atomic mass is 9.68. The maximum absolute atomic E-state index is 11.2. The Morgan fingerprint density at radius 3 is 1.77 bits per heavy atom. The van der Waals surface area contributed by atoms with Crippen LogP contribution in [0.2, 0.25) is 0 Å². The molecule has 0 atom stereocenters. The molecule has 1 aliphatic heterocycles. The zero-order valence-electron chi connectivity index (χ0n) is 8.12. The normalized spacial score (nSPS) is 24.8. The first-order valence-corrected chi connectivity index (χ1v) is 5.93. The van der Waals surface area contributed by atoms with Crippen LogP contribution in [0.3, 0.4) is 0 Å². The average molecular weight is 205 g/mol. The van der Waals surface area contributed by atoms with Crippen LogP contribution in [0.1, 0.15) is 20.8 Å². The minimum atomic E-state index is -3.02. The van der Waals surface area contributed by atoms with Gasteiger partial charge in [-0.2, -0.15) is 0 Å². The van der Waals surface area contributed by atoms with Gasteiger partial charge in [0.05, 0.1) is 16.9 Å². The molecule has 2 N–H and O–H groups in total. The Kier molecular flexibility index (Phi) is 1.99. The second-order valence-electron chi connectivity index (χ2n) is 4.73. The molecule has 76 valence electrons. The summed E-state index contributed by atoms with van der Waals surface area (Å²) in [5.74, 6) is -0.702. The maximum Gasteiger partial charge on any atom is 0.226 e. The minimum absolute atomic E-state index is 0.0984. The van der Waals surface area contributed by atoms with E-state index >= 15 is 0 Å². The molecule has 1 aliphatic rings. The van der Waals surface area contributed by atoms with Crippen molar-refractivity contribution in [2.24, 2.45) is 16.6 Å². The van der Waals surface area contributed by atoms with Crippen molar-refractivity contribution in [3.05, 3.63) is 0 Å². The molecule has 0 saturated carbocycles. The van der Waals surface area contributed by atoms with Crippen LogP contribution in [-0.2, 0) is 14.6 Å². The highest BCUT2D eigenvalue weighted by atomic mass is 32.2. The monoisotopic (exact) mass is 205 g/mol. The molecular formula is C8H15NO3S. The minimum Gasteiger partial charge on any atom is -0.369 e. The average Bonchev–Trinajstić information content (AvgIpc) is 1.78. The van der Waals surface area contributed by atoms with Gasteiger partial charge in [-0.05, 0) is 5.41 Å². The molecule has 13 heavy (non-hydrogen) atoms.